The van der Waals surface area contributed by atoms with Crippen LogP contribution < -0.4 is 15.5 Å². The SMILES string of the molecule is C[C@H]1[C@@H](NCCF)CCN1c1ncc2c3c(c(-c4ncc(F)c5sc(NC(=O)OC(C)(C)C)c(C#N)c45)c(F)c2n1)COC3. The molecule has 6 rings (SSSR count). The van der Waals surface area contributed by atoms with Crippen molar-refractivity contribution in [2.45, 2.75) is 65.0 Å². The molecule has 44 heavy (non-hydrogen) atoms. The Morgan fingerprint density at radius 1 is 1.25 bits per heavy atom. The van der Waals surface area contributed by atoms with Crippen LogP contribution in [0.3, 0.4) is 0 Å². The Morgan fingerprint density at radius 2 is 2.02 bits per heavy atom. The Morgan fingerprint density at radius 3 is 2.75 bits per heavy atom. The fraction of sp³-hybridized carbons (Fsp3) is 0.433. The van der Waals surface area contributed by atoms with Gasteiger partial charge in [0.15, 0.2) is 11.6 Å². The van der Waals surface area contributed by atoms with Crippen molar-refractivity contribution in [3.05, 3.63) is 40.7 Å². The second-order valence-corrected chi connectivity index (χ2v) is 12.8. The first-order valence-electron chi connectivity index (χ1n) is 14.2. The van der Waals surface area contributed by atoms with Crippen molar-refractivity contribution in [3.8, 4) is 17.3 Å². The Hall–Kier alpha value is -4.06. The lowest BCUT2D eigenvalue weighted by Gasteiger charge is -2.25. The van der Waals surface area contributed by atoms with Gasteiger partial charge in [0.2, 0.25) is 5.95 Å². The van der Waals surface area contributed by atoms with Gasteiger partial charge in [-0.3, -0.25) is 10.3 Å². The highest BCUT2D eigenvalue weighted by atomic mass is 32.1. The number of thiophene rings is 1. The van der Waals surface area contributed by atoms with E-state index in [1.54, 1.807) is 27.0 Å². The standard InChI is InChI=1S/C30H30F3N7O3S/c1-14-20(35-7-6-31)5-8-40(14)28-37-10-16-17-12-42-13-18(17)21(23(33)24(16)38-28)25-22-15(9-34)27(39-29(41)43-30(2,3)4)44-26(22)19(32)11-36-25/h10-11,14,20,35H,5-8,12-13H2,1-4H3,(H,39,41)/t14-,20-/m0/s1. The second-order valence-electron chi connectivity index (χ2n) is 11.7. The predicted molar refractivity (Wildman–Crippen MR) is 160 cm³/mol. The number of anilines is 2. The summed E-state index contributed by atoms with van der Waals surface area (Å²) in [5.41, 5.74) is 0.452. The number of ether oxygens (including phenoxy) is 2. The maximum Gasteiger partial charge on any atom is 0.412 e. The number of carbonyl (C=O) groups excluding carboxylic acids is 1. The van der Waals surface area contributed by atoms with Crippen molar-refractivity contribution >= 4 is 49.4 Å². The van der Waals surface area contributed by atoms with Crippen molar-refractivity contribution < 1.29 is 27.4 Å². The first-order chi connectivity index (χ1) is 21.0. The first-order valence-corrected chi connectivity index (χ1v) is 15.0. The molecular formula is C30H30F3N7O3S. The normalized spacial score (nSPS) is 18.2. The van der Waals surface area contributed by atoms with Gasteiger partial charge in [0.05, 0.1) is 35.4 Å². The number of pyridine rings is 1. The van der Waals surface area contributed by atoms with Gasteiger partial charge >= 0.3 is 6.09 Å². The third-order valence-corrected chi connectivity index (χ3v) is 8.95. The number of carbonyl (C=O) groups is 1. The number of alkyl halides is 1. The molecule has 2 atom stereocenters. The van der Waals surface area contributed by atoms with Crippen LogP contribution in [0.2, 0.25) is 0 Å². The number of benzene rings is 1. The first kappa shape index (κ1) is 30.0. The zero-order valence-corrected chi connectivity index (χ0v) is 25.4. The van der Waals surface area contributed by atoms with Gasteiger partial charge in [0.1, 0.15) is 28.9 Å². The third kappa shape index (κ3) is 5.18. The van der Waals surface area contributed by atoms with Crippen molar-refractivity contribution in [1.29, 1.82) is 5.26 Å². The molecule has 0 radical (unpaired) electrons. The van der Waals surface area contributed by atoms with Crippen LogP contribution in [0, 0.1) is 23.0 Å². The highest BCUT2D eigenvalue weighted by molar-refractivity contribution is 7.23. The van der Waals surface area contributed by atoms with Gasteiger partial charge in [-0.1, -0.05) is 0 Å². The molecular weight excluding hydrogens is 595 g/mol. The minimum absolute atomic E-state index is 0.0297. The number of halogens is 3. The van der Waals surface area contributed by atoms with Crippen LogP contribution in [0.25, 0.3) is 32.2 Å². The summed E-state index contributed by atoms with van der Waals surface area (Å²) in [6.07, 6.45) is 2.49. The molecule has 0 aliphatic carbocycles. The van der Waals surface area contributed by atoms with Gasteiger partial charge in [-0.15, -0.1) is 11.3 Å². The second kappa shape index (κ2) is 11.5. The maximum atomic E-state index is 16.8. The van der Waals surface area contributed by atoms with E-state index < -0.39 is 30.0 Å². The number of amides is 1. The molecule has 0 unspecified atom stereocenters. The molecule has 10 nitrogen and oxygen atoms in total. The van der Waals surface area contributed by atoms with Gasteiger partial charge in [0.25, 0.3) is 0 Å². The van der Waals surface area contributed by atoms with Crippen molar-refractivity contribution in [1.82, 2.24) is 20.3 Å². The molecule has 1 amide bonds. The van der Waals surface area contributed by atoms with E-state index in [0.29, 0.717) is 29.0 Å². The zero-order chi connectivity index (χ0) is 31.3. The number of nitrogens with zero attached hydrogens (tertiary/aromatic N) is 5. The van der Waals surface area contributed by atoms with Crippen molar-refractivity contribution in [2.75, 3.05) is 30.0 Å². The van der Waals surface area contributed by atoms with E-state index in [-0.39, 0.29) is 69.3 Å². The Bertz CT molecular complexity index is 1840. The molecule has 5 heterocycles. The van der Waals surface area contributed by atoms with Gasteiger partial charge in [-0.25, -0.2) is 27.9 Å². The molecule has 0 saturated carbocycles. The van der Waals surface area contributed by atoms with Crippen LogP contribution in [0.1, 0.15) is 50.8 Å². The number of rotatable bonds is 6. The van der Waals surface area contributed by atoms with Crippen molar-refractivity contribution in [2.24, 2.45) is 0 Å². The highest BCUT2D eigenvalue weighted by Gasteiger charge is 2.34. The molecule has 0 bridgehead atoms. The van der Waals surface area contributed by atoms with Crippen LogP contribution in [-0.2, 0) is 22.7 Å². The summed E-state index contributed by atoms with van der Waals surface area (Å²) >= 11 is 0.841. The molecule has 2 N–H and O–H groups in total. The summed E-state index contributed by atoms with van der Waals surface area (Å²) in [6, 6.07) is 2.01. The largest absolute Gasteiger partial charge is 0.444 e. The molecule has 2 aliphatic rings. The van der Waals surface area contributed by atoms with Gasteiger partial charge in [0, 0.05) is 47.7 Å². The average Bonchev–Trinajstić information content (AvgIpc) is 3.69. The zero-order valence-electron chi connectivity index (χ0n) is 24.6. The fourth-order valence-corrected chi connectivity index (χ4v) is 6.91. The summed E-state index contributed by atoms with van der Waals surface area (Å²) in [6.45, 7) is 7.68. The molecule has 230 valence electrons. The molecule has 14 heteroatoms. The van der Waals surface area contributed by atoms with Gasteiger partial charge < -0.3 is 19.7 Å². The number of fused-ring (bicyclic) bond motifs is 4. The van der Waals surface area contributed by atoms with E-state index in [1.807, 2.05) is 17.9 Å². The van der Waals surface area contributed by atoms with Crippen LogP contribution >= 0.6 is 11.3 Å². The summed E-state index contributed by atoms with van der Waals surface area (Å²) in [7, 11) is 0. The Balaban J connectivity index is 1.50. The quantitative estimate of drug-likeness (QED) is 0.267. The van der Waals surface area contributed by atoms with Crippen molar-refractivity contribution in [3.63, 3.8) is 0 Å². The van der Waals surface area contributed by atoms with E-state index >= 15 is 8.78 Å². The maximum absolute atomic E-state index is 16.8. The molecule has 4 aromatic rings. The monoisotopic (exact) mass is 625 g/mol. The van der Waals surface area contributed by atoms with Gasteiger partial charge in [-0.2, -0.15) is 5.26 Å². The molecule has 1 fully saturated rings. The minimum Gasteiger partial charge on any atom is -0.444 e. The summed E-state index contributed by atoms with van der Waals surface area (Å²) in [4.78, 5) is 28.0. The number of nitrogens with one attached hydrogen (secondary N) is 2. The lowest BCUT2D eigenvalue weighted by molar-refractivity contribution is 0.0636. The average molecular weight is 626 g/mol. The van der Waals surface area contributed by atoms with E-state index in [0.717, 1.165) is 24.0 Å². The highest BCUT2D eigenvalue weighted by Crippen LogP contribution is 2.46. The number of aromatic nitrogens is 3. The molecule has 1 aromatic carbocycles. The number of nitriles is 1. The van der Waals surface area contributed by atoms with E-state index in [4.69, 9.17) is 9.47 Å². The smallest absolute Gasteiger partial charge is 0.412 e. The third-order valence-electron chi connectivity index (χ3n) is 7.83. The van der Waals surface area contributed by atoms with Crippen LogP contribution in [0.15, 0.2) is 12.4 Å². The predicted octanol–water partition coefficient (Wildman–Crippen LogP) is 5.96. The summed E-state index contributed by atoms with van der Waals surface area (Å²) in [5, 5.41) is 16.5. The Labute approximate surface area is 255 Å². The Kier molecular flexibility index (Phi) is 7.81. The lowest BCUT2D eigenvalue weighted by atomic mass is 9.94. The molecule has 1 saturated heterocycles. The summed E-state index contributed by atoms with van der Waals surface area (Å²) < 4.78 is 55.7. The number of hydrogen-bond donors (Lipinski definition) is 2. The fourth-order valence-electron chi connectivity index (χ4n) is 5.87. The minimum atomic E-state index is -0.816. The number of hydrogen-bond acceptors (Lipinski definition) is 10. The van der Waals surface area contributed by atoms with Crippen LogP contribution in [0.5, 0.6) is 0 Å². The van der Waals surface area contributed by atoms with Gasteiger partial charge in [-0.05, 0) is 45.2 Å². The molecule has 3 aromatic heterocycles. The van der Waals surface area contributed by atoms with Crippen LogP contribution in [-0.4, -0.2) is 58.5 Å². The van der Waals surface area contributed by atoms with E-state index in [9.17, 15) is 14.4 Å². The molecule has 0 spiro atoms. The van der Waals surface area contributed by atoms with Crippen LogP contribution in [0.4, 0.5) is 28.9 Å². The lowest BCUT2D eigenvalue weighted by Crippen LogP contribution is -2.41. The topological polar surface area (TPSA) is 125 Å². The van der Waals surface area contributed by atoms with E-state index in [1.165, 1.54) is 0 Å². The summed E-state index contributed by atoms with van der Waals surface area (Å²) in [5.74, 6) is -1.10. The molecule has 2 aliphatic heterocycles. The van der Waals surface area contributed by atoms with E-state index in [2.05, 4.69) is 25.6 Å².